The smallest absolute Gasteiger partial charge is 0.323 e. The second kappa shape index (κ2) is 13.6. The number of halogens is 1. The van der Waals surface area contributed by atoms with Crippen LogP contribution in [0.15, 0.2) is 77.7 Å². The summed E-state index contributed by atoms with van der Waals surface area (Å²) in [4.78, 5) is 27.7. The third-order valence-electron chi connectivity index (χ3n) is 7.16. The van der Waals surface area contributed by atoms with Crippen molar-refractivity contribution >= 4 is 44.9 Å². The number of amides is 3. The molecule has 3 aromatic rings. The number of sulfonamides is 1. The molecule has 0 aliphatic carbocycles. The molecule has 0 unspecified atom stereocenters. The number of likely N-dealkylation sites (N-methyl/N-ethyl adjacent to an activating group) is 1. The van der Waals surface area contributed by atoms with Crippen molar-refractivity contribution < 1.29 is 27.9 Å². The van der Waals surface area contributed by atoms with E-state index in [9.17, 15) is 23.1 Å². The summed E-state index contributed by atoms with van der Waals surface area (Å²) in [5, 5.41) is 15.8. The van der Waals surface area contributed by atoms with Gasteiger partial charge in [0, 0.05) is 41.5 Å². The first-order chi connectivity index (χ1) is 20.0. The average Bonchev–Trinajstić information content (AvgIpc) is 3.00. The van der Waals surface area contributed by atoms with Gasteiger partial charge in [-0.2, -0.15) is 4.31 Å². The van der Waals surface area contributed by atoms with Gasteiger partial charge < -0.3 is 25.4 Å². The summed E-state index contributed by atoms with van der Waals surface area (Å²) in [5.74, 6) is -0.113. The molecule has 0 bridgehead atoms. The Morgan fingerprint density at radius 2 is 1.76 bits per heavy atom. The second-order valence-corrected chi connectivity index (χ2v) is 12.9. The Morgan fingerprint density at radius 1 is 1.10 bits per heavy atom. The van der Waals surface area contributed by atoms with Crippen molar-refractivity contribution in [2.75, 3.05) is 37.4 Å². The highest BCUT2D eigenvalue weighted by Gasteiger charge is 2.33. The number of nitrogens with zero attached hydrogens (tertiary/aromatic N) is 2. The number of benzene rings is 3. The van der Waals surface area contributed by atoms with Crippen LogP contribution in [0.4, 0.5) is 16.2 Å². The molecule has 0 saturated carbocycles. The maximum Gasteiger partial charge on any atom is 0.323 e. The SMILES string of the molecule is C[C@@H]1CN([C@H](C)CO)C(=O)Cc2cc(NC(=O)Nc3ccccc3)ccc2O[C@@H]1CN(C)S(=O)(=O)c1ccc(Cl)cc1. The molecule has 0 radical (unpaired) electrons. The predicted octanol–water partition coefficient (Wildman–Crippen LogP) is 4.45. The van der Waals surface area contributed by atoms with Gasteiger partial charge in [0.25, 0.3) is 0 Å². The zero-order valence-corrected chi connectivity index (χ0v) is 25.2. The summed E-state index contributed by atoms with van der Waals surface area (Å²) >= 11 is 5.95. The maximum absolute atomic E-state index is 13.4. The molecule has 12 heteroatoms. The van der Waals surface area contributed by atoms with Crippen molar-refractivity contribution in [1.29, 1.82) is 0 Å². The van der Waals surface area contributed by atoms with Crippen LogP contribution in [0.3, 0.4) is 0 Å². The molecule has 224 valence electrons. The number of rotatable bonds is 8. The standard InChI is InChI=1S/C30H35ClN4O6S/c1-20-17-35(21(2)19-36)29(37)16-22-15-25(33-30(38)32-24-7-5-4-6-8-24)11-14-27(22)41-28(20)18-34(3)42(39,40)26-12-9-23(31)10-13-26/h4-15,20-21,28,36H,16-19H2,1-3H3,(H2,32,33,38)/t20-,21-,28-/m1/s1. The van der Waals surface area contributed by atoms with Crippen molar-refractivity contribution in [2.45, 2.75) is 37.3 Å². The van der Waals surface area contributed by atoms with Gasteiger partial charge >= 0.3 is 6.03 Å². The first kappa shape index (κ1) is 31.3. The monoisotopic (exact) mass is 614 g/mol. The number of anilines is 2. The van der Waals surface area contributed by atoms with Crippen molar-refractivity contribution in [3.8, 4) is 5.75 Å². The fourth-order valence-corrected chi connectivity index (χ4v) is 5.99. The number of urea groups is 1. The van der Waals surface area contributed by atoms with E-state index in [1.54, 1.807) is 42.2 Å². The lowest BCUT2D eigenvalue weighted by atomic mass is 10.0. The lowest BCUT2D eigenvalue weighted by Crippen LogP contribution is -2.48. The van der Waals surface area contributed by atoms with Crippen LogP contribution < -0.4 is 15.4 Å². The van der Waals surface area contributed by atoms with Crippen molar-refractivity contribution in [2.24, 2.45) is 5.92 Å². The summed E-state index contributed by atoms with van der Waals surface area (Å²) in [5.41, 5.74) is 1.60. The van der Waals surface area contributed by atoms with Gasteiger partial charge in [0.05, 0.1) is 30.5 Å². The van der Waals surface area contributed by atoms with Gasteiger partial charge in [-0.1, -0.05) is 36.7 Å². The Bertz CT molecular complexity index is 1500. The lowest BCUT2D eigenvalue weighted by molar-refractivity contribution is -0.134. The van der Waals surface area contributed by atoms with Crippen LogP contribution >= 0.6 is 11.6 Å². The normalized spacial score (nSPS) is 18.2. The van der Waals surface area contributed by atoms with Crippen LogP contribution in [-0.4, -0.2) is 73.6 Å². The fourth-order valence-electron chi connectivity index (χ4n) is 4.68. The molecule has 1 aliphatic rings. The zero-order chi connectivity index (χ0) is 30.4. The molecule has 0 fully saturated rings. The second-order valence-electron chi connectivity index (χ2n) is 10.4. The van der Waals surface area contributed by atoms with Gasteiger partial charge in [-0.3, -0.25) is 4.79 Å². The molecule has 1 aliphatic heterocycles. The molecular weight excluding hydrogens is 580 g/mol. The van der Waals surface area contributed by atoms with E-state index in [0.717, 1.165) is 0 Å². The minimum Gasteiger partial charge on any atom is -0.488 e. The molecule has 42 heavy (non-hydrogen) atoms. The molecule has 3 aromatic carbocycles. The summed E-state index contributed by atoms with van der Waals surface area (Å²) in [6, 6.07) is 19.0. The van der Waals surface area contributed by atoms with Gasteiger partial charge in [0.1, 0.15) is 11.9 Å². The number of carbonyl (C=O) groups is 2. The van der Waals surface area contributed by atoms with E-state index in [4.69, 9.17) is 16.3 Å². The lowest BCUT2D eigenvalue weighted by Gasteiger charge is -2.33. The van der Waals surface area contributed by atoms with Gasteiger partial charge in [-0.05, 0) is 61.5 Å². The number of ether oxygens (including phenoxy) is 1. The average molecular weight is 615 g/mol. The Hall–Kier alpha value is -3.64. The highest BCUT2D eigenvalue weighted by molar-refractivity contribution is 7.89. The number of aliphatic hydroxyl groups is 1. The van der Waals surface area contributed by atoms with E-state index in [1.165, 1.54) is 35.6 Å². The number of hydrogen-bond acceptors (Lipinski definition) is 6. The van der Waals surface area contributed by atoms with Gasteiger partial charge in [0.15, 0.2) is 0 Å². The molecule has 0 spiro atoms. The minimum absolute atomic E-state index is 0.000581. The van der Waals surface area contributed by atoms with E-state index in [1.807, 2.05) is 25.1 Å². The van der Waals surface area contributed by atoms with E-state index in [2.05, 4.69) is 10.6 Å². The highest BCUT2D eigenvalue weighted by Crippen LogP contribution is 2.30. The Morgan fingerprint density at radius 3 is 2.43 bits per heavy atom. The maximum atomic E-state index is 13.4. The molecule has 3 atom stereocenters. The minimum atomic E-state index is -3.86. The van der Waals surface area contributed by atoms with Gasteiger partial charge in [0.2, 0.25) is 15.9 Å². The Labute approximate surface area is 251 Å². The third kappa shape index (κ3) is 7.60. The van der Waals surface area contributed by atoms with Crippen LogP contribution in [0.1, 0.15) is 19.4 Å². The van der Waals surface area contributed by atoms with Crippen LogP contribution in [0.5, 0.6) is 5.75 Å². The number of fused-ring (bicyclic) bond motifs is 1. The molecular formula is C30H35ClN4O6S. The molecule has 3 N–H and O–H groups in total. The molecule has 4 rings (SSSR count). The molecule has 0 saturated heterocycles. The molecule has 1 heterocycles. The highest BCUT2D eigenvalue weighted by atomic mass is 35.5. The van der Waals surface area contributed by atoms with Crippen molar-refractivity contribution in [1.82, 2.24) is 9.21 Å². The van der Waals surface area contributed by atoms with Crippen LogP contribution in [0.25, 0.3) is 0 Å². The summed E-state index contributed by atoms with van der Waals surface area (Å²) in [6.45, 7) is 3.65. The van der Waals surface area contributed by atoms with E-state index in [0.29, 0.717) is 27.7 Å². The molecule has 3 amide bonds. The quantitative estimate of drug-likeness (QED) is 0.344. The van der Waals surface area contributed by atoms with Crippen molar-refractivity contribution in [3.63, 3.8) is 0 Å². The number of carbonyl (C=O) groups excluding carboxylic acids is 2. The summed E-state index contributed by atoms with van der Waals surface area (Å²) < 4.78 is 34.3. The number of nitrogens with one attached hydrogen (secondary N) is 2. The van der Waals surface area contributed by atoms with Crippen LogP contribution in [0.2, 0.25) is 5.02 Å². The fraction of sp³-hybridized carbons (Fsp3) is 0.333. The molecule has 10 nitrogen and oxygen atoms in total. The van der Waals surface area contributed by atoms with E-state index >= 15 is 0 Å². The van der Waals surface area contributed by atoms with Crippen LogP contribution in [-0.2, 0) is 21.2 Å². The number of hydrogen-bond donors (Lipinski definition) is 3. The van der Waals surface area contributed by atoms with Crippen molar-refractivity contribution in [3.05, 3.63) is 83.4 Å². The van der Waals surface area contributed by atoms with Gasteiger partial charge in [-0.15, -0.1) is 0 Å². The Kier molecular flexibility index (Phi) is 10.1. The predicted molar refractivity (Wildman–Crippen MR) is 162 cm³/mol. The first-order valence-corrected chi connectivity index (χ1v) is 15.3. The number of aliphatic hydroxyl groups excluding tert-OH is 1. The summed E-state index contributed by atoms with van der Waals surface area (Å²) in [7, 11) is -2.38. The first-order valence-electron chi connectivity index (χ1n) is 13.5. The Balaban J connectivity index is 1.62. The third-order valence-corrected chi connectivity index (χ3v) is 9.25. The van der Waals surface area contributed by atoms with E-state index in [-0.39, 0.29) is 42.8 Å². The zero-order valence-electron chi connectivity index (χ0n) is 23.7. The van der Waals surface area contributed by atoms with Gasteiger partial charge in [-0.25, -0.2) is 13.2 Å². The largest absolute Gasteiger partial charge is 0.488 e. The molecule has 0 aromatic heterocycles. The topological polar surface area (TPSA) is 128 Å². The van der Waals surface area contributed by atoms with E-state index < -0.39 is 28.2 Å². The number of para-hydroxylation sites is 1. The summed E-state index contributed by atoms with van der Waals surface area (Å²) in [6.07, 6.45) is -0.677. The van der Waals surface area contributed by atoms with Crippen LogP contribution in [0, 0.1) is 5.92 Å².